The van der Waals surface area contributed by atoms with E-state index in [1.54, 1.807) is 0 Å². The molecule has 0 atom stereocenters. The first-order valence-corrected chi connectivity index (χ1v) is 5.80. The summed E-state index contributed by atoms with van der Waals surface area (Å²) < 4.78 is 0. The Morgan fingerprint density at radius 1 is 1.29 bits per heavy atom. The summed E-state index contributed by atoms with van der Waals surface area (Å²) in [5.74, 6) is 0. The highest BCUT2D eigenvalue weighted by molar-refractivity contribution is 5.97. The van der Waals surface area contributed by atoms with Crippen LogP contribution in [0, 0.1) is 0 Å². The molecule has 2 aliphatic rings. The number of carboxylic acid groups (broad SMARTS) is 1. The molecule has 3 nitrogen and oxygen atoms in total. The molecular formula is C14H13NO2. The number of amides is 1. The van der Waals surface area contributed by atoms with Crippen LogP contribution in [0.3, 0.4) is 0 Å². The van der Waals surface area contributed by atoms with Crippen LogP contribution in [0.25, 0.3) is 6.08 Å². The number of para-hydroxylation sites is 1. The average molecular weight is 227 g/mol. The fraction of sp³-hybridized carbons (Fsp3) is 0.214. The fourth-order valence-electron chi connectivity index (χ4n) is 2.51. The minimum Gasteiger partial charge on any atom is -0.464 e. The summed E-state index contributed by atoms with van der Waals surface area (Å²) in [4.78, 5) is 12.8. The van der Waals surface area contributed by atoms with Crippen molar-refractivity contribution in [1.82, 2.24) is 0 Å². The molecule has 3 heteroatoms. The van der Waals surface area contributed by atoms with E-state index in [0.717, 1.165) is 41.8 Å². The van der Waals surface area contributed by atoms with Gasteiger partial charge >= 0.3 is 6.09 Å². The topological polar surface area (TPSA) is 40.5 Å². The van der Waals surface area contributed by atoms with Crippen molar-refractivity contribution in [1.29, 1.82) is 0 Å². The van der Waals surface area contributed by atoms with Gasteiger partial charge < -0.3 is 5.11 Å². The lowest BCUT2D eigenvalue weighted by atomic mass is 9.91. The van der Waals surface area contributed by atoms with Gasteiger partial charge in [-0.15, -0.1) is 0 Å². The van der Waals surface area contributed by atoms with Gasteiger partial charge in [0.1, 0.15) is 0 Å². The number of fused-ring (bicyclic) bond motifs is 2. The van der Waals surface area contributed by atoms with Crippen molar-refractivity contribution in [2.45, 2.75) is 19.3 Å². The maximum absolute atomic E-state index is 11.4. The summed E-state index contributed by atoms with van der Waals surface area (Å²) >= 11 is 0. The summed E-state index contributed by atoms with van der Waals surface area (Å²) in [5.41, 5.74) is 3.74. The van der Waals surface area contributed by atoms with Crippen molar-refractivity contribution in [3.63, 3.8) is 0 Å². The van der Waals surface area contributed by atoms with Gasteiger partial charge in [0.05, 0.1) is 11.4 Å². The van der Waals surface area contributed by atoms with E-state index in [1.807, 2.05) is 30.3 Å². The Labute approximate surface area is 99.7 Å². The number of carbonyl (C=O) groups is 1. The number of benzene rings is 1. The Morgan fingerprint density at radius 2 is 2.12 bits per heavy atom. The number of hydrogen-bond donors (Lipinski definition) is 1. The van der Waals surface area contributed by atoms with Gasteiger partial charge in [0.15, 0.2) is 0 Å². The van der Waals surface area contributed by atoms with Crippen molar-refractivity contribution in [2.75, 3.05) is 4.90 Å². The van der Waals surface area contributed by atoms with Gasteiger partial charge in [-0.3, -0.25) is 0 Å². The monoisotopic (exact) mass is 227 g/mol. The van der Waals surface area contributed by atoms with Gasteiger partial charge in [-0.05, 0) is 42.5 Å². The van der Waals surface area contributed by atoms with Gasteiger partial charge in [0, 0.05) is 0 Å². The second-order valence-corrected chi connectivity index (χ2v) is 4.33. The Morgan fingerprint density at radius 3 is 2.94 bits per heavy atom. The molecule has 1 aromatic carbocycles. The van der Waals surface area contributed by atoms with Gasteiger partial charge in [-0.2, -0.15) is 0 Å². The molecule has 1 amide bonds. The van der Waals surface area contributed by atoms with Crippen LogP contribution in [0.15, 0.2) is 41.6 Å². The van der Waals surface area contributed by atoms with Crippen LogP contribution in [0.5, 0.6) is 0 Å². The summed E-state index contributed by atoms with van der Waals surface area (Å²) in [6.45, 7) is 0. The van der Waals surface area contributed by atoms with Gasteiger partial charge in [-0.1, -0.05) is 24.3 Å². The first-order chi connectivity index (χ1) is 8.27. The van der Waals surface area contributed by atoms with Crippen LogP contribution in [-0.4, -0.2) is 11.2 Å². The molecular weight excluding hydrogens is 214 g/mol. The van der Waals surface area contributed by atoms with Crippen LogP contribution in [0.2, 0.25) is 0 Å². The molecule has 0 aromatic heterocycles. The minimum atomic E-state index is -0.906. The molecule has 1 aliphatic carbocycles. The summed E-state index contributed by atoms with van der Waals surface area (Å²) in [6, 6.07) is 7.63. The molecule has 0 saturated heterocycles. The van der Waals surface area contributed by atoms with E-state index >= 15 is 0 Å². The van der Waals surface area contributed by atoms with E-state index in [4.69, 9.17) is 0 Å². The van der Waals surface area contributed by atoms with Gasteiger partial charge in [-0.25, -0.2) is 9.69 Å². The van der Waals surface area contributed by atoms with Gasteiger partial charge in [0.2, 0.25) is 0 Å². The highest BCUT2D eigenvalue weighted by atomic mass is 16.4. The van der Waals surface area contributed by atoms with E-state index in [2.05, 4.69) is 6.08 Å². The van der Waals surface area contributed by atoms with Crippen LogP contribution in [0.1, 0.15) is 24.8 Å². The molecule has 0 fully saturated rings. The van der Waals surface area contributed by atoms with Crippen molar-refractivity contribution >= 4 is 17.9 Å². The molecule has 0 spiro atoms. The summed E-state index contributed by atoms with van der Waals surface area (Å²) in [7, 11) is 0. The van der Waals surface area contributed by atoms with E-state index in [0.29, 0.717) is 0 Å². The second kappa shape index (κ2) is 3.77. The standard InChI is InChI=1S/C14H13NO2/c16-14(17)15-12-7-3-1-5-10(12)9-11-6-2-4-8-13(11)15/h1,3,5,7-9H,2,4,6H2,(H,16,17). The first kappa shape index (κ1) is 10.1. The van der Waals surface area contributed by atoms with Gasteiger partial charge in [0.25, 0.3) is 0 Å². The zero-order valence-electron chi connectivity index (χ0n) is 9.39. The Bertz CT molecular complexity index is 543. The third kappa shape index (κ3) is 1.55. The van der Waals surface area contributed by atoms with Crippen molar-refractivity contribution in [3.05, 3.63) is 47.2 Å². The third-order valence-corrected chi connectivity index (χ3v) is 3.26. The van der Waals surface area contributed by atoms with Crippen LogP contribution >= 0.6 is 0 Å². The Hall–Kier alpha value is -2.03. The third-order valence-electron chi connectivity index (χ3n) is 3.26. The lowest BCUT2D eigenvalue weighted by molar-refractivity contribution is 0.203. The van der Waals surface area contributed by atoms with Crippen LogP contribution < -0.4 is 4.90 Å². The lowest BCUT2D eigenvalue weighted by Crippen LogP contribution is -2.32. The maximum Gasteiger partial charge on any atom is 0.416 e. The molecule has 0 saturated carbocycles. The molecule has 1 N–H and O–H groups in total. The largest absolute Gasteiger partial charge is 0.464 e. The van der Waals surface area contributed by atoms with Crippen molar-refractivity contribution < 1.29 is 9.90 Å². The molecule has 17 heavy (non-hydrogen) atoms. The predicted octanol–water partition coefficient (Wildman–Crippen LogP) is 3.64. The van der Waals surface area contributed by atoms with E-state index in [9.17, 15) is 9.90 Å². The molecule has 86 valence electrons. The zero-order valence-corrected chi connectivity index (χ0v) is 9.39. The minimum absolute atomic E-state index is 0.761. The number of anilines is 1. The average Bonchev–Trinajstić information content (AvgIpc) is 2.35. The number of allylic oxidation sites excluding steroid dienone is 2. The first-order valence-electron chi connectivity index (χ1n) is 5.80. The Kier molecular flexibility index (Phi) is 2.25. The Balaban J connectivity index is 2.22. The van der Waals surface area contributed by atoms with Crippen LogP contribution in [-0.2, 0) is 0 Å². The van der Waals surface area contributed by atoms with E-state index in [1.165, 1.54) is 4.90 Å². The molecule has 3 rings (SSSR count). The SMILES string of the molecule is O=C(O)N1C2=CCCCC2=Cc2ccccc21. The second-order valence-electron chi connectivity index (χ2n) is 4.33. The summed E-state index contributed by atoms with van der Waals surface area (Å²) in [6.07, 6.45) is 6.25. The van der Waals surface area contributed by atoms with Crippen molar-refractivity contribution in [2.24, 2.45) is 0 Å². The summed E-state index contributed by atoms with van der Waals surface area (Å²) in [5, 5.41) is 9.38. The quantitative estimate of drug-likeness (QED) is 0.735. The molecule has 0 bridgehead atoms. The fourth-order valence-corrected chi connectivity index (χ4v) is 2.51. The van der Waals surface area contributed by atoms with Crippen LogP contribution in [0.4, 0.5) is 10.5 Å². The lowest BCUT2D eigenvalue weighted by Gasteiger charge is -2.32. The molecule has 0 radical (unpaired) electrons. The normalized spacial score (nSPS) is 17.8. The zero-order chi connectivity index (χ0) is 11.8. The highest BCUT2D eigenvalue weighted by Gasteiger charge is 2.28. The number of hydrogen-bond acceptors (Lipinski definition) is 1. The number of rotatable bonds is 0. The van der Waals surface area contributed by atoms with E-state index < -0.39 is 6.09 Å². The molecule has 0 unspecified atom stereocenters. The molecule has 1 heterocycles. The molecule has 1 aliphatic heterocycles. The molecule has 1 aromatic rings. The number of nitrogens with zero attached hydrogens (tertiary/aromatic N) is 1. The maximum atomic E-state index is 11.4. The van der Waals surface area contributed by atoms with E-state index in [-0.39, 0.29) is 0 Å². The predicted molar refractivity (Wildman–Crippen MR) is 66.9 cm³/mol. The smallest absolute Gasteiger partial charge is 0.416 e. The van der Waals surface area contributed by atoms with Crippen molar-refractivity contribution in [3.8, 4) is 0 Å². The highest BCUT2D eigenvalue weighted by Crippen LogP contribution is 2.39.